The van der Waals surface area contributed by atoms with Crippen LogP contribution >= 0.6 is 0 Å². The van der Waals surface area contributed by atoms with E-state index in [0.717, 1.165) is 17.4 Å². The van der Waals surface area contributed by atoms with Crippen molar-refractivity contribution in [3.8, 4) is 5.75 Å². The van der Waals surface area contributed by atoms with Crippen LogP contribution in [0.5, 0.6) is 5.75 Å². The van der Waals surface area contributed by atoms with Crippen molar-refractivity contribution in [1.29, 1.82) is 0 Å². The second kappa shape index (κ2) is 5.37. The SMILES string of the molecule is CNCOc1cc(C)cc(C)c1NS(C)(=O)=O. The van der Waals surface area contributed by atoms with Crippen molar-refractivity contribution < 1.29 is 13.2 Å². The number of nitrogens with one attached hydrogen (secondary N) is 2. The number of hydrogen-bond donors (Lipinski definition) is 2. The zero-order chi connectivity index (χ0) is 13.1. The molecule has 0 atom stereocenters. The van der Waals surface area contributed by atoms with Crippen LogP contribution in [0.25, 0.3) is 0 Å². The van der Waals surface area contributed by atoms with Crippen LogP contribution in [-0.4, -0.2) is 28.5 Å². The average Bonchev–Trinajstić information content (AvgIpc) is 2.18. The van der Waals surface area contributed by atoms with Gasteiger partial charge in [-0.3, -0.25) is 10.0 Å². The fourth-order valence-electron chi connectivity index (χ4n) is 1.51. The van der Waals surface area contributed by atoms with Crippen molar-refractivity contribution in [2.45, 2.75) is 13.8 Å². The summed E-state index contributed by atoms with van der Waals surface area (Å²) in [5, 5.41) is 2.85. The quantitative estimate of drug-likeness (QED) is 0.780. The fraction of sp³-hybridized carbons (Fsp3) is 0.455. The van der Waals surface area contributed by atoms with Crippen LogP contribution < -0.4 is 14.8 Å². The van der Waals surface area contributed by atoms with Gasteiger partial charge in [0.05, 0.1) is 11.9 Å². The lowest BCUT2D eigenvalue weighted by Gasteiger charge is -2.15. The van der Waals surface area contributed by atoms with Gasteiger partial charge in [0.2, 0.25) is 10.0 Å². The van der Waals surface area contributed by atoms with Crippen LogP contribution in [0.1, 0.15) is 11.1 Å². The molecule has 5 nitrogen and oxygen atoms in total. The molecule has 17 heavy (non-hydrogen) atoms. The molecule has 6 heteroatoms. The highest BCUT2D eigenvalue weighted by molar-refractivity contribution is 7.92. The number of aryl methyl sites for hydroxylation is 2. The molecule has 0 radical (unpaired) electrons. The minimum Gasteiger partial charge on any atom is -0.476 e. The Balaban J connectivity index is 3.15. The van der Waals surface area contributed by atoms with Gasteiger partial charge in [0.1, 0.15) is 12.5 Å². The van der Waals surface area contributed by atoms with Gasteiger partial charge in [0.15, 0.2) is 0 Å². The molecule has 96 valence electrons. The van der Waals surface area contributed by atoms with Crippen LogP contribution in [0, 0.1) is 13.8 Å². The third-order valence-electron chi connectivity index (χ3n) is 2.10. The van der Waals surface area contributed by atoms with Gasteiger partial charge in [-0.15, -0.1) is 0 Å². The Labute approximate surface area is 102 Å². The Kier molecular flexibility index (Phi) is 4.36. The largest absolute Gasteiger partial charge is 0.476 e. The standard InChI is InChI=1S/C11H18N2O3S/c1-8-5-9(2)11(13-17(4,14)15)10(6-8)16-7-12-3/h5-6,12-13H,7H2,1-4H3. The van der Waals surface area contributed by atoms with E-state index in [4.69, 9.17) is 4.74 Å². The van der Waals surface area contributed by atoms with Gasteiger partial charge in [-0.2, -0.15) is 0 Å². The van der Waals surface area contributed by atoms with E-state index in [1.165, 1.54) is 0 Å². The van der Waals surface area contributed by atoms with Crippen LogP contribution in [0.4, 0.5) is 5.69 Å². The molecule has 0 amide bonds. The lowest BCUT2D eigenvalue weighted by atomic mass is 10.1. The van der Waals surface area contributed by atoms with Gasteiger partial charge in [-0.05, 0) is 38.1 Å². The number of rotatable bonds is 5. The van der Waals surface area contributed by atoms with Gasteiger partial charge in [-0.1, -0.05) is 6.07 Å². The molecule has 0 bridgehead atoms. The number of hydrogen-bond acceptors (Lipinski definition) is 4. The number of ether oxygens (including phenoxy) is 1. The Morgan fingerprint density at radius 1 is 1.29 bits per heavy atom. The third kappa shape index (κ3) is 4.24. The molecule has 0 aliphatic heterocycles. The molecule has 0 fully saturated rings. The first-order valence-corrected chi connectivity index (χ1v) is 7.09. The molecule has 2 N–H and O–H groups in total. The first kappa shape index (κ1) is 13.8. The lowest BCUT2D eigenvalue weighted by Crippen LogP contribution is -2.17. The van der Waals surface area contributed by atoms with Gasteiger partial charge >= 0.3 is 0 Å². The van der Waals surface area contributed by atoms with Crippen LogP contribution in [0.2, 0.25) is 0 Å². The Morgan fingerprint density at radius 2 is 1.94 bits per heavy atom. The molecule has 0 aliphatic rings. The molecule has 0 aliphatic carbocycles. The van der Waals surface area contributed by atoms with E-state index in [1.54, 1.807) is 13.1 Å². The zero-order valence-electron chi connectivity index (χ0n) is 10.5. The molecular formula is C11H18N2O3S. The van der Waals surface area contributed by atoms with E-state index >= 15 is 0 Å². The number of sulfonamides is 1. The highest BCUT2D eigenvalue weighted by Gasteiger charge is 2.12. The van der Waals surface area contributed by atoms with Crippen molar-refractivity contribution in [2.75, 3.05) is 24.8 Å². The monoisotopic (exact) mass is 258 g/mol. The van der Waals surface area contributed by atoms with Crippen molar-refractivity contribution in [1.82, 2.24) is 5.32 Å². The maximum atomic E-state index is 11.3. The molecular weight excluding hydrogens is 240 g/mol. The maximum Gasteiger partial charge on any atom is 0.229 e. The van der Waals surface area contributed by atoms with Gasteiger partial charge in [-0.25, -0.2) is 8.42 Å². The van der Waals surface area contributed by atoms with Crippen molar-refractivity contribution in [3.05, 3.63) is 23.3 Å². The van der Waals surface area contributed by atoms with E-state index < -0.39 is 10.0 Å². The fourth-order valence-corrected chi connectivity index (χ4v) is 2.14. The molecule has 1 aromatic rings. The predicted octanol–water partition coefficient (Wildman–Crippen LogP) is 1.23. The molecule has 0 spiro atoms. The van der Waals surface area contributed by atoms with Gasteiger partial charge in [0, 0.05) is 0 Å². The van der Waals surface area contributed by atoms with E-state index in [0.29, 0.717) is 18.2 Å². The molecule has 0 saturated carbocycles. The average molecular weight is 258 g/mol. The van der Waals surface area contributed by atoms with E-state index in [2.05, 4.69) is 10.0 Å². The van der Waals surface area contributed by atoms with Crippen molar-refractivity contribution in [2.24, 2.45) is 0 Å². The summed E-state index contributed by atoms with van der Waals surface area (Å²) in [6.45, 7) is 4.09. The molecule has 0 heterocycles. The molecule has 1 rings (SSSR count). The van der Waals surface area contributed by atoms with Crippen molar-refractivity contribution in [3.63, 3.8) is 0 Å². The van der Waals surface area contributed by atoms with Gasteiger partial charge in [0.25, 0.3) is 0 Å². The summed E-state index contributed by atoms with van der Waals surface area (Å²) >= 11 is 0. The Hall–Kier alpha value is -1.27. The summed E-state index contributed by atoms with van der Waals surface area (Å²) in [5.41, 5.74) is 2.35. The third-order valence-corrected chi connectivity index (χ3v) is 2.68. The van der Waals surface area contributed by atoms with Crippen molar-refractivity contribution >= 4 is 15.7 Å². The minimum absolute atomic E-state index is 0.321. The van der Waals surface area contributed by atoms with Gasteiger partial charge < -0.3 is 4.74 Å². The van der Waals surface area contributed by atoms with Crippen LogP contribution in [-0.2, 0) is 10.0 Å². The normalized spacial score (nSPS) is 11.3. The zero-order valence-corrected chi connectivity index (χ0v) is 11.3. The van der Waals surface area contributed by atoms with E-state index in [9.17, 15) is 8.42 Å². The summed E-state index contributed by atoms with van der Waals surface area (Å²) in [6, 6.07) is 3.71. The second-order valence-electron chi connectivity index (χ2n) is 3.97. The van der Waals surface area contributed by atoms with Crippen LogP contribution in [0.3, 0.4) is 0 Å². The predicted molar refractivity (Wildman–Crippen MR) is 68.9 cm³/mol. The first-order valence-electron chi connectivity index (χ1n) is 5.20. The topological polar surface area (TPSA) is 67.4 Å². The minimum atomic E-state index is -3.31. The molecule has 0 aromatic heterocycles. The summed E-state index contributed by atoms with van der Waals surface area (Å²) in [7, 11) is -1.55. The lowest BCUT2D eigenvalue weighted by molar-refractivity contribution is 0.297. The smallest absolute Gasteiger partial charge is 0.229 e. The summed E-state index contributed by atoms with van der Waals surface area (Å²) in [6.07, 6.45) is 1.12. The van der Waals surface area contributed by atoms with Crippen LogP contribution in [0.15, 0.2) is 12.1 Å². The van der Waals surface area contributed by atoms with E-state index in [-0.39, 0.29) is 0 Å². The van der Waals surface area contributed by atoms with E-state index in [1.807, 2.05) is 19.9 Å². The highest BCUT2D eigenvalue weighted by atomic mass is 32.2. The number of benzene rings is 1. The molecule has 0 unspecified atom stereocenters. The molecule has 1 aromatic carbocycles. The Morgan fingerprint density at radius 3 is 2.47 bits per heavy atom. The summed E-state index contributed by atoms with van der Waals surface area (Å²) in [5.74, 6) is 0.530. The highest BCUT2D eigenvalue weighted by Crippen LogP contribution is 2.30. The summed E-state index contributed by atoms with van der Waals surface area (Å²) in [4.78, 5) is 0. The molecule has 0 saturated heterocycles. The maximum absolute atomic E-state index is 11.3. The summed E-state index contributed by atoms with van der Waals surface area (Å²) < 4.78 is 30.5. The number of anilines is 1. The Bertz CT molecular complexity index is 498. The first-order chi connectivity index (χ1) is 7.83. The second-order valence-corrected chi connectivity index (χ2v) is 5.72.